The fourth-order valence-electron chi connectivity index (χ4n) is 1.62. The summed E-state index contributed by atoms with van der Waals surface area (Å²) in [6.07, 6.45) is 1.75. The van der Waals surface area contributed by atoms with Crippen molar-refractivity contribution in [1.82, 2.24) is 20.0 Å². The van der Waals surface area contributed by atoms with E-state index in [1.807, 2.05) is 18.2 Å². The van der Waals surface area contributed by atoms with Crippen LogP contribution in [0, 0.1) is 0 Å². The SMILES string of the molecule is O=C(NNc1ccc(Cl)nn1)Nc1ccc2sncc2c1. The van der Waals surface area contributed by atoms with Gasteiger partial charge in [-0.2, -0.15) is 4.37 Å². The lowest BCUT2D eigenvalue weighted by Gasteiger charge is -2.08. The maximum atomic E-state index is 11.8. The molecular weight excluding hydrogens is 312 g/mol. The Balaban J connectivity index is 1.59. The molecule has 0 atom stereocenters. The van der Waals surface area contributed by atoms with Crippen molar-refractivity contribution >= 4 is 50.8 Å². The van der Waals surface area contributed by atoms with Crippen LogP contribution >= 0.6 is 23.1 Å². The van der Waals surface area contributed by atoms with Crippen LogP contribution in [0.15, 0.2) is 36.5 Å². The first-order valence-corrected chi connectivity index (χ1v) is 7.02. The summed E-state index contributed by atoms with van der Waals surface area (Å²) < 4.78 is 5.14. The van der Waals surface area contributed by atoms with Crippen LogP contribution in [0.3, 0.4) is 0 Å². The van der Waals surface area contributed by atoms with Gasteiger partial charge in [0.05, 0.1) is 4.70 Å². The van der Waals surface area contributed by atoms with E-state index in [-0.39, 0.29) is 5.15 Å². The molecule has 2 aromatic heterocycles. The number of carbonyl (C=O) groups is 1. The van der Waals surface area contributed by atoms with E-state index in [0.29, 0.717) is 11.5 Å². The molecule has 3 aromatic rings. The molecule has 2 amide bonds. The minimum atomic E-state index is -0.422. The molecule has 0 fully saturated rings. The zero-order chi connectivity index (χ0) is 14.7. The second-order valence-corrected chi connectivity index (χ2v) is 5.24. The lowest BCUT2D eigenvalue weighted by atomic mass is 10.2. The van der Waals surface area contributed by atoms with Crippen LogP contribution in [-0.4, -0.2) is 20.6 Å². The van der Waals surface area contributed by atoms with Crippen molar-refractivity contribution in [2.75, 3.05) is 10.7 Å². The molecule has 0 aliphatic rings. The predicted molar refractivity (Wildman–Crippen MR) is 82.4 cm³/mol. The minimum absolute atomic E-state index is 0.280. The summed E-state index contributed by atoms with van der Waals surface area (Å²) in [4.78, 5) is 11.8. The number of nitrogens with one attached hydrogen (secondary N) is 3. The number of hydrazine groups is 1. The number of rotatable bonds is 3. The van der Waals surface area contributed by atoms with E-state index in [2.05, 4.69) is 30.7 Å². The second kappa shape index (κ2) is 5.90. The molecule has 9 heteroatoms. The largest absolute Gasteiger partial charge is 0.337 e. The van der Waals surface area contributed by atoms with Gasteiger partial charge in [-0.1, -0.05) is 11.6 Å². The van der Waals surface area contributed by atoms with E-state index < -0.39 is 6.03 Å². The molecule has 106 valence electrons. The fourth-order valence-corrected chi connectivity index (χ4v) is 2.34. The van der Waals surface area contributed by atoms with Crippen LogP contribution in [0.25, 0.3) is 10.1 Å². The van der Waals surface area contributed by atoms with Gasteiger partial charge in [-0.05, 0) is 41.9 Å². The molecule has 0 radical (unpaired) electrons. The highest BCUT2D eigenvalue weighted by atomic mass is 35.5. The molecule has 1 aromatic carbocycles. The lowest BCUT2D eigenvalue weighted by molar-refractivity contribution is 0.254. The highest BCUT2D eigenvalue weighted by Crippen LogP contribution is 2.21. The number of hydrogen-bond acceptors (Lipinski definition) is 6. The number of hydrogen-bond donors (Lipinski definition) is 3. The number of nitrogens with zero attached hydrogens (tertiary/aromatic N) is 3. The van der Waals surface area contributed by atoms with Gasteiger partial charge in [0.15, 0.2) is 11.0 Å². The molecule has 0 aliphatic heterocycles. The van der Waals surface area contributed by atoms with Gasteiger partial charge in [-0.25, -0.2) is 10.2 Å². The standard InChI is InChI=1S/C12H9ClN6OS/c13-10-3-4-11(17-16-10)18-19-12(20)15-8-1-2-9-7(5-8)6-14-21-9/h1-6H,(H,17,18)(H2,15,19,20). The smallest absolute Gasteiger partial charge is 0.307 e. The van der Waals surface area contributed by atoms with E-state index in [1.54, 1.807) is 18.3 Å². The van der Waals surface area contributed by atoms with Crippen LogP contribution in [0.4, 0.5) is 16.3 Å². The van der Waals surface area contributed by atoms with Gasteiger partial charge >= 0.3 is 6.03 Å². The number of fused-ring (bicyclic) bond motifs is 1. The number of urea groups is 1. The molecule has 0 saturated carbocycles. The van der Waals surface area contributed by atoms with Crippen LogP contribution < -0.4 is 16.2 Å². The van der Waals surface area contributed by atoms with Crippen LogP contribution in [0.5, 0.6) is 0 Å². The normalized spacial score (nSPS) is 10.3. The van der Waals surface area contributed by atoms with Crippen LogP contribution in [0.1, 0.15) is 0 Å². The average molecular weight is 321 g/mol. The van der Waals surface area contributed by atoms with Crippen LogP contribution in [0.2, 0.25) is 5.15 Å². The molecule has 7 nitrogen and oxygen atoms in total. The number of anilines is 2. The molecule has 2 heterocycles. The summed E-state index contributed by atoms with van der Waals surface area (Å²) in [6, 6.07) is 8.30. The topological polar surface area (TPSA) is 91.8 Å². The van der Waals surface area contributed by atoms with Gasteiger partial charge in [-0.15, -0.1) is 10.2 Å². The first-order chi connectivity index (χ1) is 10.2. The molecule has 3 N–H and O–H groups in total. The van der Waals surface area contributed by atoms with Crippen molar-refractivity contribution in [2.24, 2.45) is 0 Å². The summed E-state index contributed by atoms with van der Waals surface area (Å²) in [7, 11) is 0. The molecule has 0 spiro atoms. The monoisotopic (exact) mass is 320 g/mol. The third-order valence-electron chi connectivity index (χ3n) is 2.55. The van der Waals surface area contributed by atoms with E-state index in [1.165, 1.54) is 11.5 Å². The van der Waals surface area contributed by atoms with Crippen molar-refractivity contribution < 1.29 is 4.79 Å². The number of halogens is 1. The average Bonchev–Trinajstić information content (AvgIpc) is 2.94. The molecule has 0 bridgehead atoms. The van der Waals surface area contributed by atoms with Gasteiger partial charge in [0.1, 0.15) is 0 Å². The first kappa shape index (κ1) is 13.5. The summed E-state index contributed by atoms with van der Waals surface area (Å²) in [5.41, 5.74) is 5.74. The Kier molecular flexibility index (Phi) is 3.80. The quantitative estimate of drug-likeness (QED) is 0.645. The Hall–Kier alpha value is -2.45. The van der Waals surface area contributed by atoms with E-state index in [0.717, 1.165) is 10.1 Å². The van der Waals surface area contributed by atoms with E-state index in [4.69, 9.17) is 11.6 Å². The highest BCUT2D eigenvalue weighted by molar-refractivity contribution is 7.13. The van der Waals surface area contributed by atoms with Crippen LogP contribution in [-0.2, 0) is 0 Å². The van der Waals surface area contributed by atoms with Gasteiger partial charge in [0.2, 0.25) is 0 Å². The number of benzene rings is 1. The molecule has 21 heavy (non-hydrogen) atoms. The number of carbonyl (C=O) groups excluding carboxylic acids is 1. The van der Waals surface area contributed by atoms with Gasteiger partial charge in [0.25, 0.3) is 0 Å². The third-order valence-corrected chi connectivity index (χ3v) is 3.53. The maximum Gasteiger partial charge on any atom is 0.337 e. The molecule has 3 rings (SSSR count). The Bertz CT molecular complexity index is 775. The molecule has 0 aliphatic carbocycles. The van der Waals surface area contributed by atoms with E-state index in [9.17, 15) is 4.79 Å². The number of aromatic nitrogens is 3. The maximum absolute atomic E-state index is 11.8. The Morgan fingerprint density at radius 3 is 2.90 bits per heavy atom. The summed E-state index contributed by atoms with van der Waals surface area (Å²) in [5, 5.41) is 11.4. The molecule has 0 unspecified atom stereocenters. The number of amides is 2. The lowest BCUT2D eigenvalue weighted by Crippen LogP contribution is -2.33. The van der Waals surface area contributed by atoms with Crippen molar-refractivity contribution in [3.8, 4) is 0 Å². The Morgan fingerprint density at radius 1 is 1.19 bits per heavy atom. The van der Waals surface area contributed by atoms with Crippen molar-refractivity contribution in [3.05, 3.63) is 41.7 Å². The fraction of sp³-hybridized carbons (Fsp3) is 0. The summed E-state index contributed by atoms with van der Waals surface area (Å²) in [6.45, 7) is 0. The predicted octanol–water partition coefficient (Wildman–Crippen LogP) is 2.89. The van der Waals surface area contributed by atoms with Gasteiger partial charge in [-0.3, -0.25) is 5.43 Å². The third kappa shape index (κ3) is 3.36. The van der Waals surface area contributed by atoms with Crippen molar-refractivity contribution in [2.45, 2.75) is 0 Å². The summed E-state index contributed by atoms with van der Waals surface area (Å²) >= 11 is 7.02. The molecular formula is C12H9ClN6OS. The van der Waals surface area contributed by atoms with Gasteiger partial charge < -0.3 is 5.32 Å². The summed E-state index contributed by atoms with van der Waals surface area (Å²) in [5.74, 6) is 0.382. The highest BCUT2D eigenvalue weighted by Gasteiger charge is 2.04. The van der Waals surface area contributed by atoms with Gasteiger partial charge in [0, 0.05) is 17.3 Å². The second-order valence-electron chi connectivity index (χ2n) is 4.02. The van der Waals surface area contributed by atoms with Crippen molar-refractivity contribution in [1.29, 1.82) is 0 Å². The Morgan fingerprint density at radius 2 is 2.10 bits per heavy atom. The minimum Gasteiger partial charge on any atom is -0.307 e. The zero-order valence-corrected chi connectivity index (χ0v) is 12.1. The zero-order valence-electron chi connectivity index (χ0n) is 10.5. The van der Waals surface area contributed by atoms with E-state index >= 15 is 0 Å². The Labute approximate surface area is 128 Å². The first-order valence-electron chi connectivity index (χ1n) is 5.87. The molecule has 0 saturated heterocycles. The van der Waals surface area contributed by atoms with Crippen molar-refractivity contribution in [3.63, 3.8) is 0 Å².